The zero-order chi connectivity index (χ0) is 21.3. The van der Waals surface area contributed by atoms with E-state index in [4.69, 9.17) is 0 Å². The molecule has 1 fully saturated rings. The average molecular weight is 443 g/mol. The number of anilines is 1. The lowest BCUT2D eigenvalue weighted by atomic mass is 10.1. The number of piperazine rings is 1. The second-order valence-electron chi connectivity index (χ2n) is 7.73. The number of rotatable bonds is 4. The molecule has 2 aliphatic heterocycles. The molecule has 0 aliphatic carbocycles. The predicted octanol–water partition coefficient (Wildman–Crippen LogP) is 2.85. The lowest BCUT2D eigenvalue weighted by molar-refractivity contribution is 0.0655. The van der Waals surface area contributed by atoms with Crippen molar-refractivity contribution in [2.45, 2.75) is 13.8 Å². The van der Waals surface area contributed by atoms with Crippen molar-refractivity contribution in [2.75, 3.05) is 44.2 Å². The Morgan fingerprint density at radius 3 is 2.13 bits per heavy atom. The predicted molar refractivity (Wildman–Crippen MR) is 122 cm³/mol. The first-order valence-electron chi connectivity index (χ1n) is 10.3. The number of imide groups is 1. The summed E-state index contributed by atoms with van der Waals surface area (Å²) >= 11 is 0. The lowest BCUT2D eigenvalue weighted by Crippen LogP contribution is -2.52. The fourth-order valence-corrected chi connectivity index (χ4v) is 4.06. The summed E-state index contributed by atoms with van der Waals surface area (Å²) in [6.07, 6.45) is 0. The summed E-state index contributed by atoms with van der Waals surface area (Å²) in [6.45, 7) is 7.45. The van der Waals surface area contributed by atoms with Gasteiger partial charge in [-0.3, -0.25) is 14.5 Å². The van der Waals surface area contributed by atoms with E-state index in [1.165, 1.54) is 21.7 Å². The molecule has 31 heavy (non-hydrogen) atoms. The van der Waals surface area contributed by atoms with Gasteiger partial charge in [0.05, 0.1) is 11.1 Å². The van der Waals surface area contributed by atoms with Gasteiger partial charge in [-0.2, -0.15) is 0 Å². The van der Waals surface area contributed by atoms with E-state index in [2.05, 4.69) is 42.3 Å². The first kappa shape index (κ1) is 22.6. The van der Waals surface area contributed by atoms with E-state index >= 15 is 0 Å². The number of hydrogen-bond donors (Lipinski definition) is 1. The minimum absolute atomic E-state index is 0. The van der Waals surface area contributed by atoms with Crippen LogP contribution in [0.2, 0.25) is 0 Å². The van der Waals surface area contributed by atoms with Crippen LogP contribution >= 0.6 is 12.4 Å². The van der Waals surface area contributed by atoms with Gasteiger partial charge in [-0.25, -0.2) is 4.79 Å². The van der Waals surface area contributed by atoms with Crippen molar-refractivity contribution in [1.29, 1.82) is 0 Å². The van der Waals surface area contributed by atoms with Gasteiger partial charge in [0.15, 0.2) is 0 Å². The zero-order valence-electron chi connectivity index (χ0n) is 17.8. The van der Waals surface area contributed by atoms with Crippen molar-refractivity contribution in [3.63, 3.8) is 0 Å². The largest absolute Gasteiger partial charge is 0.368 e. The molecule has 1 saturated heterocycles. The molecule has 7 nitrogen and oxygen atoms in total. The van der Waals surface area contributed by atoms with Gasteiger partial charge in [0.2, 0.25) is 0 Å². The number of carbonyl (C=O) groups excluding carboxylic acids is 3. The highest BCUT2D eigenvalue weighted by molar-refractivity contribution is 6.21. The maximum Gasteiger partial charge on any atom is 0.317 e. The van der Waals surface area contributed by atoms with Crippen molar-refractivity contribution in [2.24, 2.45) is 0 Å². The maximum atomic E-state index is 12.5. The Hall–Kier alpha value is -3.06. The highest BCUT2D eigenvalue weighted by Crippen LogP contribution is 2.24. The molecule has 0 saturated carbocycles. The molecule has 2 aromatic rings. The average Bonchev–Trinajstić information content (AvgIpc) is 3.01. The number of nitrogens with one attached hydrogen (secondary N) is 1. The van der Waals surface area contributed by atoms with Crippen LogP contribution in [0.5, 0.6) is 0 Å². The highest BCUT2D eigenvalue weighted by atomic mass is 35.5. The summed E-state index contributed by atoms with van der Waals surface area (Å²) in [4.78, 5) is 42.6. The number of aryl methyl sites for hydroxylation is 1. The van der Waals surface area contributed by atoms with E-state index in [1.54, 1.807) is 29.2 Å². The normalized spacial score (nSPS) is 15.6. The number of fused-ring (bicyclic) bond motifs is 1. The third-order valence-electron chi connectivity index (χ3n) is 5.97. The van der Waals surface area contributed by atoms with Crippen LogP contribution in [0, 0.1) is 13.8 Å². The summed E-state index contributed by atoms with van der Waals surface area (Å²) in [5.74, 6) is -0.598. The van der Waals surface area contributed by atoms with Gasteiger partial charge in [-0.05, 0) is 43.2 Å². The maximum absolute atomic E-state index is 12.5. The molecule has 0 unspecified atom stereocenters. The number of hydrogen-bond acceptors (Lipinski definition) is 4. The van der Waals surface area contributed by atoms with Crippen molar-refractivity contribution < 1.29 is 14.4 Å². The molecule has 1 N–H and O–H groups in total. The van der Waals surface area contributed by atoms with Crippen LogP contribution in [-0.4, -0.2) is 66.9 Å². The number of benzene rings is 2. The summed E-state index contributed by atoms with van der Waals surface area (Å²) in [7, 11) is 0. The van der Waals surface area contributed by atoms with Gasteiger partial charge in [-0.1, -0.05) is 24.3 Å². The lowest BCUT2D eigenvalue weighted by Gasteiger charge is -2.37. The Labute approximate surface area is 188 Å². The van der Waals surface area contributed by atoms with E-state index in [0.717, 1.165) is 13.1 Å². The van der Waals surface area contributed by atoms with Crippen LogP contribution in [0.15, 0.2) is 42.5 Å². The van der Waals surface area contributed by atoms with E-state index < -0.39 is 0 Å². The molecule has 2 heterocycles. The van der Waals surface area contributed by atoms with Crippen molar-refractivity contribution in [3.05, 3.63) is 64.7 Å². The van der Waals surface area contributed by atoms with Crippen LogP contribution < -0.4 is 10.2 Å². The van der Waals surface area contributed by atoms with E-state index in [9.17, 15) is 14.4 Å². The molecule has 4 amide bonds. The molecule has 2 aromatic carbocycles. The van der Waals surface area contributed by atoms with Gasteiger partial charge >= 0.3 is 6.03 Å². The molecule has 4 rings (SSSR count). The van der Waals surface area contributed by atoms with E-state index in [1.807, 2.05) is 0 Å². The fraction of sp³-hybridized carbons (Fsp3) is 0.348. The van der Waals surface area contributed by atoms with Crippen molar-refractivity contribution >= 4 is 35.9 Å². The van der Waals surface area contributed by atoms with Gasteiger partial charge < -0.3 is 15.1 Å². The third-order valence-corrected chi connectivity index (χ3v) is 5.97. The van der Waals surface area contributed by atoms with Gasteiger partial charge in [0.1, 0.15) is 0 Å². The molecule has 164 valence electrons. The monoisotopic (exact) mass is 442 g/mol. The van der Waals surface area contributed by atoms with Crippen LogP contribution in [-0.2, 0) is 0 Å². The molecule has 0 radical (unpaired) electrons. The van der Waals surface area contributed by atoms with Crippen LogP contribution in [0.1, 0.15) is 31.8 Å². The zero-order valence-corrected chi connectivity index (χ0v) is 18.6. The second kappa shape index (κ2) is 9.39. The fourth-order valence-electron chi connectivity index (χ4n) is 4.06. The Kier molecular flexibility index (Phi) is 6.85. The summed E-state index contributed by atoms with van der Waals surface area (Å²) in [6, 6.07) is 12.9. The summed E-state index contributed by atoms with van der Waals surface area (Å²) < 4.78 is 0. The summed E-state index contributed by atoms with van der Waals surface area (Å²) in [5.41, 5.74) is 4.62. The van der Waals surface area contributed by atoms with Gasteiger partial charge in [0, 0.05) is 45.0 Å². The molecule has 2 aliphatic rings. The van der Waals surface area contributed by atoms with Gasteiger partial charge in [0.25, 0.3) is 11.8 Å². The Balaban J connectivity index is 0.00000272. The quantitative estimate of drug-likeness (QED) is 0.739. The molecule has 0 atom stereocenters. The van der Waals surface area contributed by atoms with E-state index in [0.29, 0.717) is 24.2 Å². The van der Waals surface area contributed by atoms with Crippen LogP contribution in [0.3, 0.4) is 0 Å². The second-order valence-corrected chi connectivity index (χ2v) is 7.73. The number of urea groups is 1. The number of carbonyl (C=O) groups is 3. The molecular formula is C23H27ClN4O3. The Morgan fingerprint density at radius 1 is 0.903 bits per heavy atom. The smallest absolute Gasteiger partial charge is 0.317 e. The first-order valence-corrected chi connectivity index (χ1v) is 10.3. The third kappa shape index (κ3) is 4.37. The van der Waals surface area contributed by atoms with Crippen molar-refractivity contribution in [3.8, 4) is 0 Å². The number of amides is 4. The Morgan fingerprint density at radius 2 is 1.52 bits per heavy atom. The minimum atomic E-state index is -0.299. The van der Waals surface area contributed by atoms with Gasteiger partial charge in [-0.15, -0.1) is 12.4 Å². The topological polar surface area (TPSA) is 73.0 Å². The standard InChI is InChI=1S/C23H26N4O3.ClH/c1-16-6-5-9-20(17(16)2)25-12-14-26(15-13-25)23(30)24-10-11-27-21(28)18-7-3-4-8-19(18)22(27)29;/h3-9H,10-15H2,1-2H3,(H,24,30);1H. The molecule has 0 aromatic heterocycles. The SMILES string of the molecule is Cc1cccc(N2CCN(C(=O)NCCN3C(=O)c4ccccc4C3=O)CC2)c1C.Cl. The van der Waals surface area contributed by atoms with Crippen LogP contribution in [0.4, 0.5) is 10.5 Å². The molecule has 0 spiro atoms. The first-order chi connectivity index (χ1) is 14.5. The minimum Gasteiger partial charge on any atom is -0.368 e. The Bertz CT molecular complexity index is 967. The van der Waals surface area contributed by atoms with Crippen LogP contribution in [0.25, 0.3) is 0 Å². The highest BCUT2D eigenvalue weighted by Gasteiger charge is 2.34. The van der Waals surface area contributed by atoms with Crippen molar-refractivity contribution in [1.82, 2.24) is 15.1 Å². The summed E-state index contributed by atoms with van der Waals surface area (Å²) in [5, 5.41) is 2.84. The van der Waals surface area contributed by atoms with E-state index in [-0.39, 0.29) is 43.3 Å². The molecule has 8 heteroatoms. The number of nitrogens with zero attached hydrogens (tertiary/aromatic N) is 3. The molecular weight excluding hydrogens is 416 g/mol. The molecule has 0 bridgehead atoms. The number of halogens is 1.